The molecule has 0 aromatic heterocycles. The van der Waals surface area contributed by atoms with Gasteiger partial charge in [0.2, 0.25) is 12.1 Å². The highest BCUT2D eigenvalue weighted by atomic mass is 79.9. The maximum Gasteiger partial charge on any atom is 0.523 e. The van der Waals surface area contributed by atoms with Crippen molar-refractivity contribution < 1.29 is 87.6 Å². The Morgan fingerprint density at radius 1 is 0.512 bits per heavy atom. The molecule has 422 valence electrons. The minimum Gasteiger partial charge on any atom is -0.463 e. The Morgan fingerprint density at radius 3 is 1.25 bits per heavy atom. The number of halogens is 4. The van der Waals surface area contributed by atoms with E-state index in [4.69, 9.17) is 46.8 Å². The van der Waals surface area contributed by atoms with E-state index in [1.807, 2.05) is 146 Å². The number of esters is 4. The molecule has 0 amide bonds. The number of benzene rings is 6. The van der Waals surface area contributed by atoms with Crippen LogP contribution in [0.15, 0.2) is 182 Å². The zero-order chi connectivity index (χ0) is 57.3. The van der Waals surface area contributed by atoms with E-state index in [0.29, 0.717) is 33.4 Å². The molecule has 6 aromatic rings. The van der Waals surface area contributed by atoms with Crippen molar-refractivity contribution in [2.75, 3.05) is 19.8 Å². The van der Waals surface area contributed by atoms with Crippen LogP contribution in [0, 0.1) is 0 Å². The molecule has 2 aliphatic rings. The summed E-state index contributed by atoms with van der Waals surface area (Å²) in [7, 11) is -6.58. The highest BCUT2D eigenvalue weighted by molar-refractivity contribution is 9.09. The predicted molar refractivity (Wildman–Crippen MR) is 284 cm³/mol. The fraction of sp³-hybridized carbons (Fsp3) is 0.322. The third kappa shape index (κ3) is 12.8. The largest absolute Gasteiger partial charge is 0.523 e. The minimum atomic E-state index is -6.58. The van der Waals surface area contributed by atoms with Gasteiger partial charge in [-0.3, -0.25) is 23.4 Å². The van der Waals surface area contributed by atoms with Gasteiger partial charge in [-0.1, -0.05) is 198 Å². The Balaban J connectivity index is 1.34. The maximum absolute atomic E-state index is 14.2. The van der Waals surface area contributed by atoms with Crippen LogP contribution in [0.1, 0.15) is 61.1 Å². The summed E-state index contributed by atoms with van der Waals surface area (Å²) in [6.07, 6.45) is -14.3. The quantitative estimate of drug-likeness (QED) is 0.0165. The Labute approximate surface area is 468 Å². The van der Waals surface area contributed by atoms with Crippen LogP contribution in [0.5, 0.6) is 0 Å². The summed E-state index contributed by atoms with van der Waals surface area (Å²) in [5.41, 5.74) is -5.13. The molecule has 1 unspecified atom stereocenters. The highest BCUT2D eigenvalue weighted by Gasteiger charge is 2.64. The van der Waals surface area contributed by atoms with E-state index in [1.165, 1.54) is 0 Å². The van der Waals surface area contributed by atoms with E-state index in [2.05, 4.69) is 15.9 Å². The second-order valence-electron chi connectivity index (χ2n) is 18.7. The fourth-order valence-electron chi connectivity index (χ4n) is 9.95. The number of rotatable bonds is 21. The van der Waals surface area contributed by atoms with Gasteiger partial charge in [-0.2, -0.15) is 21.6 Å². The van der Waals surface area contributed by atoms with Crippen LogP contribution in [0.25, 0.3) is 0 Å². The molecule has 2 fully saturated rings. The molecule has 6 aromatic carbocycles. The van der Waals surface area contributed by atoms with Gasteiger partial charge in [0.25, 0.3) is 0 Å². The van der Waals surface area contributed by atoms with Crippen molar-refractivity contribution in [3.05, 3.63) is 215 Å². The molecule has 2 heterocycles. The van der Waals surface area contributed by atoms with Gasteiger partial charge in [0.1, 0.15) is 42.7 Å². The summed E-state index contributed by atoms with van der Waals surface area (Å²) in [6, 6.07) is 55.3. The summed E-state index contributed by atoms with van der Waals surface area (Å²) in [6.45, 7) is 1.65. The number of alkyl halides is 4. The summed E-state index contributed by atoms with van der Waals surface area (Å²) in [4.78, 5) is 51.0. The van der Waals surface area contributed by atoms with Crippen LogP contribution in [-0.2, 0) is 87.3 Å². The van der Waals surface area contributed by atoms with Gasteiger partial charge < -0.3 is 42.6 Å². The smallest absolute Gasteiger partial charge is 0.463 e. The van der Waals surface area contributed by atoms with Gasteiger partial charge >= 0.3 is 39.5 Å². The van der Waals surface area contributed by atoms with E-state index in [-0.39, 0.29) is 6.61 Å². The van der Waals surface area contributed by atoms with Gasteiger partial charge in [-0.25, -0.2) is 0 Å². The van der Waals surface area contributed by atoms with Gasteiger partial charge in [-0.05, 0) is 33.4 Å². The van der Waals surface area contributed by atoms with E-state index >= 15 is 0 Å². The molecule has 2 aliphatic heterocycles. The molecular formula is C59H56BrF3O16S. The van der Waals surface area contributed by atoms with Gasteiger partial charge in [0.05, 0.1) is 11.4 Å². The topological polar surface area (TPSA) is 195 Å². The molecule has 80 heavy (non-hydrogen) atoms. The van der Waals surface area contributed by atoms with Crippen LogP contribution in [0.4, 0.5) is 13.2 Å². The van der Waals surface area contributed by atoms with Crippen LogP contribution >= 0.6 is 15.9 Å². The van der Waals surface area contributed by atoms with Gasteiger partial charge in [0.15, 0.2) is 18.3 Å². The van der Waals surface area contributed by atoms with Crippen molar-refractivity contribution in [3.8, 4) is 0 Å². The first kappa shape index (κ1) is 59.3. The summed E-state index contributed by atoms with van der Waals surface area (Å²) >= 11 is 3.78. The third-order valence-electron chi connectivity index (χ3n) is 13.2. The Kier molecular flexibility index (Phi) is 18.8. The second-order valence-corrected chi connectivity index (χ2v) is 21.3. The minimum absolute atomic E-state index is 0.339. The van der Waals surface area contributed by atoms with Crippen molar-refractivity contribution in [2.45, 2.75) is 97.9 Å². The average Bonchev–Trinajstić information content (AvgIpc) is 3.91. The average molecular weight is 1190 g/mol. The van der Waals surface area contributed by atoms with Crippen molar-refractivity contribution in [1.29, 1.82) is 0 Å². The van der Waals surface area contributed by atoms with E-state index in [0.717, 1.165) is 27.7 Å². The molecule has 0 N–H and O–H groups in total. The SMILES string of the molecule is CC(=O)OC[C@H]1OC(O[C@]2(COC(c3ccccc3)(c3ccccc3)c3ccccc3)O[C@H](COC(c3ccccc3)(c3ccccc3)c3ccccc3)[C@@H](Br)[C@@H]2OC(C)=O)[C@H](OC(C)=O)[C@@H](OC(C)=O)[C@@H]1OS(=O)(=O)C(F)(F)F. The lowest BCUT2D eigenvalue weighted by molar-refractivity contribution is -0.387. The Morgan fingerprint density at radius 2 is 0.887 bits per heavy atom. The lowest BCUT2D eigenvalue weighted by Crippen LogP contribution is -2.66. The van der Waals surface area contributed by atoms with Crippen molar-refractivity contribution in [3.63, 3.8) is 0 Å². The zero-order valence-electron chi connectivity index (χ0n) is 43.5. The lowest BCUT2D eigenvalue weighted by atomic mass is 9.80. The van der Waals surface area contributed by atoms with E-state index in [1.54, 1.807) is 36.4 Å². The number of hydrogen-bond acceptors (Lipinski definition) is 16. The predicted octanol–water partition coefficient (Wildman–Crippen LogP) is 9.20. The molecule has 2 saturated heterocycles. The number of hydrogen-bond donors (Lipinski definition) is 0. The molecule has 0 aliphatic carbocycles. The molecule has 0 spiro atoms. The van der Waals surface area contributed by atoms with Crippen molar-refractivity contribution in [2.24, 2.45) is 0 Å². The highest BCUT2D eigenvalue weighted by Crippen LogP contribution is 2.49. The number of carbonyl (C=O) groups excluding carboxylic acids is 4. The Bertz CT molecular complexity index is 2960. The molecule has 0 saturated carbocycles. The first-order chi connectivity index (χ1) is 38.2. The number of ether oxygens (including phenoxy) is 9. The molecule has 9 atom stereocenters. The molecular weight excluding hydrogens is 1130 g/mol. The first-order valence-corrected chi connectivity index (χ1v) is 27.4. The van der Waals surface area contributed by atoms with Crippen LogP contribution in [0.2, 0.25) is 0 Å². The summed E-state index contributed by atoms with van der Waals surface area (Å²) in [5, 5.41) is 0. The van der Waals surface area contributed by atoms with E-state index < -0.39 is 117 Å². The Hall–Kier alpha value is -6.82. The molecule has 0 bridgehead atoms. The zero-order valence-corrected chi connectivity index (χ0v) is 45.9. The summed E-state index contributed by atoms with van der Waals surface area (Å²) < 4.78 is 131. The molecule has 8 rings (SSSR count). The second kappa shape index (κ2) is 25.3. The van der Waals surface area contributed by atoms with Gasteiger partial charge in [-0.15, -0.1) is 0 Å². The fourth-order valence-corrected chi connectivity index (χ4v) is 11.4. The van der Waals surface area contributed by atoms with Crippen LogP contribution in [0.3, 0.4) is 0 Å². The monoisotopic (exact) mass is 1190 g/mol. The molecule has 16 nitrogen and oxygen atoms in total. The van der Waals surface area contributed by atoms with Crippen LogP contribution < -0.4 is 0 Å². The normalized spacial score (nSPS) is 23.4. The molecule has 21 heteroatoms. The van der Waals surface area contributed by atoms with Crippen molar-refractivity contribution >= 4 is 49.9 Å². The standard InChI is InChI=1S/C59H56BrF3O16S/c1-38(64)70-35-49-51(79-80(68,69)59(61,62)63)52(73-39(2)65)53(74-40(3)66)55(76-49)78-56(37-72-58(45-29-17-8-18-30-45,46-31-19-9-20-32-46)47-33-21-10-22-34-47)54(75-41(4)67)50(60)48(77-56)36-71-57(42-23-11-5-12-24-42,43-25-13-6-14-26-43)44-27-15-7-16-28-44/h5-34,48-55H,35-37H2,1-4H3/t48-,49-,50-,51-,52+,53-,54+,55?,56+/m1/s1. The first-order valence-electron chi connectivity index (χ1n) is 25.1. The van der Waals surface area contributed by atoms with Crippen LogP contribution in [-0.4, -0.2) is 111 Å². The third-order valence-corrected chi connectivity index (χ3v) is 15.4. The lowest BCUT2D eigenvalue weighted by Gasteiger charge is -2.47. The summed E-state index contributed by atoms with van der Waals surface area (Å²) in [5.74, 6) is -6.79. The van der Waals surface area contributed by atoms with Gasteiger partial charge in [0, 0.05) is 27.7 Å². The molecule has 0 radical (unpaired) electrons. The van der Waals surface area contributed by atoms with Crippen molar-refractivity contribution in [1.82, 2.24) is 0 Å². The van der Waals surface area contributed by atoms with E-state index in [9.17, 15) is 40.8 Å². The maximum atomic E-state index is 14.2. The number of carbonyl (C=O) groups is 4.